The Labute approximate surface area is 392 Å². The SMILES string of the molecule is C1CC2CC2C1.CCOC(=O)C(C)n1c(C(=O)NC(N)=S)cc2ccccc21.CCOC(=O)C(C)n1c(C(=O)Nc2nc(-c3cc(OC)c(Cl)cc3OC)c(CC)s2)cc2ccccc21. The number of esters is 2. The highest BCUT2D eigenvalue weighted by molar-refractivity contribution is 7.80. The van der Waals surface area contributed by atoms with Crippen LogP contribution in [-0.2, 0) is 25.5 Å². The molecule has 4 unspecified atom stereocenters. The van der Waals surface area contributed by atoms with Gasteiger partial charge in [0, 0.05) is 38.3 Å². The van der Waals surface area contributed by atoms with Crippen molar-refractivity contribution in [2.75, 3.05) is 32.8 Å². The third kappa shape index (κ3) is 11.1. The first kappa shape index (κ1) is 48.5. The number of rotatable bonds is 13. The lowest BCUT2D eigenvalue weighted by Crippen LogP contribution is -2.36. The summed E-state index contributed by atoms with van der Waals surface area (Å²) in [7, 11) is 3.10. The Morgan fingerprint density at radius 3 is 1.78 bits per heavy atom. The van der Waals surface area contributed by atoms with Crippen molar-refractivity contribution in [2.24, 2.45) is 17.6 Å². The number of methoxy groups -OCH3 is 2. The van der Waals surface area contributed by atoms with Crippen molar-refractivity contribution >= 4 is 91.0 Å². The van der Waals surface area contributed by atoms with Crippen LogP contribution in [0, 0.1) is 11.8 Å². The van der Waals surface area contributed by atoms with Crippen molar-refractivity contribution in [2.45, 2.75) is 78.8 Å². The molecule has 3 aromatic carbocycles. The first-order valence-corrected chi connectivity index (χ1v) is 23.2. The minimum absolute atomic E-state index is 0.120. The monoisotopic (exact) mass is 942 g/mol. The van der Waals surface area contributed by atoms with Crippen LogP contribution in [0.2, 0.25) is 5.02 Å². The molecule has 3 aromatic heterocycles. The summed E-state index contributed by atoms with van der Waals surface area (Å²) in [5.74, 6) is 1.81. The molecule has 8 rings (SSSR count). The Hall–Kier alpha value is -5.97. The quantitative estimate of drug-likeness (QED) is 0.0742. The highest BCUT2D eigenvalue weighted by atomic mass is 35.5. The number of nitrogens with two attached hydrogens (primary N) is 1. The molecule has 2 amide bonds. The van der Waals surface area contributed by atoms with Crippen LogP contribution in [0.4, 0.5) is 5.13 Å². The summed E-state index contributed by atoms with van der Waals surface area (Å²) >= 11 is 12.4. The minimum atomic E-state index is -0.690. The van der Waals surface area contributed by atoms with Crippen LogP contribution in [0.1, 0.15) is 98.2 Å². The molecule has 0 radical (unpaired) electrons. The van der Waals surface area contributed by atoms with Crippen LogP contribution in [0.15, 0.2) is 72.8 Å². The standard InChI is InChI=1S/C27H28ClN3O5S.C15H17N3O3S.C6H10/c1-6-23-24(17-13-22(35-5)18(28)14-21(17)34-4)29-27(37-23)30-25(32)20-12-16-10-8-9-11-19(16)31(20)15(3)26(33)36-7-2;1-3-21-14(20)9(2)18-11-7-5-4-6-10(11)8-12(18)13(19)17-15(16)22;1-2-5-4-6(5)3-1/h8-15H,6-7H2,1-5H3,(H,29,30,32);4-9H,3H2,1-2H3,(H3,16,17,19,22);5-6H,1-4H2. The summed E-state index contributed by atoms with van der Waals surface area (Å²) < 4.78 is 24.5. The number of para-hydroxylation sites is 2. The van der Waals surface area contributed by atoms with Gasteiger partial charge in [-0.3, -0.25) is 20.2 Å². The minimum Gasteiger partial charge on any atom is -0.496 e. The summed E-state index contributed by atoms with van der Waals surface area (Å²) in [6.07, 6.45) is 6.93. The number of thiazole rings is 1. The molecule has 4 atom stereocenters. The molecule has 0 saturated heterocycles. The van der Waals surface area contributed by atoms with Gasteiger partial charge in [-0.25, -0.2) is 14.6 Å². The van der Waals surface area contributed by atoms with Crippen molar-refractivity contribution in [3.05, 3.63) is 94.1 Å². The molecule has 344 valence electrons. The Morgan fingerprint density at radius 1 is 0.815 bits per heavy atom. The normalized spacial score (nSPS) is 15.6. The van der Waals surface area contributed by atoms with E-state index in [0.717, 1.165) is 26.7 Å². The number of fused-ring (bicyclic) bond motifs is 3. The molecule has 4 N–H and O–H groups in total. The van der Waals surface area contributed by atoms with Crippen LogP contribution < -0.4 is 25.8 Å². The third-order valence-electron chi connectivity index (χ3n) is 11.4. The summed E-state index contributed by atoms with van der Waals surface area (Å²) in [6, 6.07) is 20.5. The van der Waals surface area contributed by atoms with Crippen LogP contribution >= 0.6 is 35.2 Å². The molecular formula is C48H55ClN6O8S2. The molecule has 14 nitrogen and oxygen atoms in total. The van der Waals surface area contributed by atoms with E-state index in [0.29, 0.717) is 50.7 Å². The number of amides is 2. The van der Waals surface area contributed by atoms with Gasteiger partial charge in [0.25, 0.3) is 11.8 Å². The van der Waals surface area contributed by atoms with Crippen molar-refractivity contribution < 1.29 is 38.1 Å². The fraction of sp³-hybridized carbons (Fsp3) is 0.375. The first-order chi connectivity index (χ1) is 31.2. The summed E-state index contributed by atoms with van der Waals surface area (Å²) in [6.45, 7) is 9.43. The van der Waals surface area contributed by atoms with E-state index in [1.165, 1.54) is 29.6 Å². The van der Waals surface area contributed by atoms with E-state index in [1.54, 1.807) is 94.6 Å². The third-order valence-corrected chi connectivity index (χ3v) is 12.9. The Balaban J connectivity index is 0.000000208. The van der Waals surface area contributed by atoms with Gasteiger partial charge in [0.05, 0.1) is 38.1 Å². The topological polar surface area (TPSA) is 178 Å². The van der Waals surface area contributed by atoms with Gasteiger partial charge >= 0.3 is 11.9 Å². The molecule has 6 aromatic rings. The van der Waals surface area contributed by atoms with E-state index in [4.69, 9.17) is 53.5 Å². The number of carbonyl (C=O) groups excluding carboxylic acids is 4. The Morgan fingerprint density at radius 2 is 1.34 bits per heavy atom. The van der Waals surface area contributed by atoms with E-state index < -0.39 is 29.9 Å². The number of benzene rings is 3. The van der Waals surface area contributed by atoms with Crippen LogP contribution in [0.3, 0.4) is 0 Å². The number of ether oxygens (including phenoxy) is 4. The van der Waals surface area contributed by atoms with Gasteiger partial charge in [-0.2, -0.15) is 0 Å². The van der Waals surface area contributed by atoms with E-state index >= 15 is 0 Å². The molecule has 2 aliphatic rings. The maximum absolute atomic E-state index is 13.5. The van der Waals surface area contributed by atoms with E-state index in [1.807, 2.05) is 55.5 Å². The zero-order valence-corrected chi connectivity index (χ0v) is 40.0. The second-order valence-electron chi connectivity index (χ2n) is 15.6. The highest BCUT2D eigenvalue weighted by Gasteiger charge is 2.40. The van der Waals surface area contributed by atoms with Crippen molar-refractivity contribution in [3.63, 3.8) is 0 Å². The number of hydrogen-bond donors (Lipinski definition) is 3. The Bertz CT molecular complexity index is 2700. The van der Waals surface area contributed by atoms with Gasteiger partial charge in [-0.1, -0.05) is 74.2 Å². The lowest BCUT2D eigenvalue weighted by molar-refractivity contribution is -0.147. The lowest BCUT2D eigenvalue weighted by atomic mass is 10.1. The number of hydrogen-bond acceptors (Lipinski definition) is 11. The average Bonchev–Trinajstić information content (AvgIpc) is 3.71. The van der Waals surface area contributed by atoms with Crippen LogP contribution in [0.25, 0.3) is 33.1 Å². The van der Waals surface area contributed by atoms with E-state index in [2.05, 4.69) is 10.6 Å². The number of aryl methyl sites for hydroxylation is 1. The number of halogens is 1. The number of thiocarbonyl (C=S) groups is 1. The molecule has 3 heterocycles. The summed E-state index contributed by atoms with van der Waals surface area (Å²) in [5.41, 5.74) is 8.90. The van der Waals surface area contributed by atoms with Crippen LogP contribution in [-0.4, -0.2) is 70.4 Å². The zero-order chi connectivity index (χ0) is 46.9. The molecule has 65 heavy (non-hydrogen) atoms. The van der Waals surface area contributed by atoms with Gasteiger partial charge in [0.2, 0.25) is 0 Å². The van der Waals surface area contributed by atoms with Crippen molar-refractivity contribution in [1.82, 2.24) is 19.4 Å². The van der Waals surface area contributed by atoms with Crippen molar-refractivity contribution in [3.8, 4) is 22.8 Å². The molecule has 2 fully saturated rings. The molecule has 0 aliphatic heterocycles. The molecule has 17 heteroatoms. The smallest absolute Gasteiger partial charge is 0.328 e. The number of nitrogens with zero attached hydrogens (tertiary/aromatic N) is 3. The van der Waals surface area contributed by atoms with Crippen LogP contribution in [0.5, 0.6) is 11.5 Å². The zero-order valence-electron chi connectivity index (χ0n) is 37.6. The summed E-state index contributed by atoms with van der Waals surface area (Å²) in [5, 5.41) is 7.72. The number of anilines is 1. The predicted octanol–water partition coefficient (Wildman–Crippen LogP) is 9.92. The van der Waals surface area contributed by atoms with E-state index in [-0.39, 0.29) is 24.2 Å². The number of nitrogens with one attached hydrogen (secondary N) is 2. The second kappa shape index (κ2) is 21.8. The Kier molecular flexibility index (Phi) is 16.3. The van der Waals surface area contributed by atoms with E-state index in [9.17, 15) is 19.2 Å². The average molecular weight is 944 g/mol. The predicted molar refractivity (Wildman–Crippen MR) is 259 cm³/mol. The maximum Gasteiger partial charge on any atom is 0.328 e. The van der Waals surface area contributed by atoms with Gasteiger partial charge in [-0.15, -0.1) is 11.3 Å². The summed E-state index contributed by atoms with van der Waals surface area (Å²) in [4.78, 5) is 56.1. The molecular weight excluding hydrogens is 888 g/mol. The fourth-order valence-electron chi connectivity index (χ4n) is 8.17. The largest absolute Gasteiger partial charge is 0.496 e. The van der Waals surface area contributed by atoms with Gasteiger partial charge in [0.1, 0.15) is 35.0 Å². The lowest BCUT2D eigenvalue weighted by Gasteiger charge is -2.17. The van der Waals surface area contributed by atoms with Crippen molar-refractivity contribution in [1.29, 1.82) is 0 Å². The number of carbonyl (C=O) groups is 4. The van der Waals surface area contributed by atoms with Gasteiger partial charge < -0.3 is 33.8 Å². The second-order valence-corrected chi connectivity index (χ2v) is 17.5. The van der Waals surface area contributed by atoms with Gasteiger partial charge in [0.15, 0.2) is 10.2 Å². The first-order valence-electron chi connectivity index (χ1n) is 21.6. The maximum atomic E-state index is 13.5. The highest BCUT2D eigenvalue weighted by Crippen LogP contribution is 2.51. The van der Waals surface area contributed by atoms with Gasteiger partial charge in [-0.05, 0) is 94.9 Å². The molecule has 0 bridgehead atoms. The molecule has 0 spiro atoms. The molecule has 2 saturated carbocycles. The fourth-order valence-corrected chi connectivity index (χ4v) is 9.40. The molecule has 2 aliphatic carbocycles. The number of aromatic nitrogens is 3.